The molecule has 0 spiro atoms. The summed E-state index contributed by atoms with van der Waals surface area (Å²) in [5, 5.41) is 8.82. The first-order valence-electron chi connectivity index (χ1n) is 7.02. The Labute approximate surface area is 114 Å². The second-order valence-corrected chi connectivity index (χ2v) is 5.38. The summed E-state index contributed by atoms with van der Waals surface area (Å²) in [5.41, 5.74) is 2.25. The van der Waals surface area contributed by atoms with Gasteiger partial charge in [-0.25, -0.2) is 0 Å². The van der Waals surface area contributed by atoms with Crippen LogP contribution in [0.5, 0.6) is 0 Å². The quantitative estimate of drug-likeness (QED) is 0.886. The molecule has 4 nitrogen and oxygen atoms in total. The van der Waals surface area contributed by atoms with Crippen LogP contribution in [0.2, 0.25) is 0 Å². The van der Waals surface area contributed by atoms with Crippen molar-refractivity contribution >= 4 is 5.97 Å². The minimum absolute atomic E-state index is 0.266. The van der Waals surface area contributed by atoms with Crippen molar-refractivity contribution in [3.63, 3.8) is 0 Å². The molecule has 1 aliphatic rings. The molecule has 1 N–H and O–H groups in total. The van der Waals surface area contributed by atoms with Gasteiger partial charge < -0.3 is 5.11 Å². The first-order chi connectivity index (χ1) is 9.15. The summed E-state index contributed by atoms with van der Waals surface area (Å²) in [7, 11) is 0. The Balaban J connectivity index is 1.95. The topological polar surface area (TPSA) is 53.4 Å². The number of pyridine rings is 1. The molecule has 0 saturated carbocycles. The van der Waals surface area contributed by atoms with E-state index in [4.69, 9.17) is 5.11 Å². The van der Waals surface area contributed by atoms with Crippen molar-refractivity contribution in [2.24, 2.45) is 0 Å². The fourth-order valence-corrected chi connectivity index (χ4v) is 2.69. The molecule has 0 amide bonds. The van der Waals surface area contributed by atoms with Crippen LogP contribution in [0.3, 0.4) is 0 Å². The van der Waals surface area contributed by atoms with Gasteiger partial charge in [0.2, 0.25) is 0 Å². The highest BCUT2D eigenvalue weighted by Crippen LogP contribution is 2.22. The number of carbonyl (C=O) groups is 1. The summed E-state index contributed by atoms with van der Waals surface area (Å²) in [6.07, 6.45) is 6.44. The van der Waals surface area contributed by atoms with Gasteiger partial charge in [0.05, 0.1) is 5.69 Å². The number of carboxylic acids is 1. The maximum atomic E-state index is 10.7. The SMILES string of the molecule is Cc1ccc(CN2CCCCC2CCC(=O)O)nc1. The Morgan fingerprint density at radius 1 is 1.47 bits per heavy atom. The number of hydrogen-bond donors (Lipinski definition) is 1. The van der Waals surface area contributed by atoms with Gasteiger partial charge in [0.1, 0.15) is 0 Å². The van der Waals surface area contributed by atoms with Gasteiger partial charge in [-0.05, 0) is 44.4 Å². The summed E-state index contributed by atoms with van der Waals surface area (Å²) in [6.45, 7) is 3.93. The molecular formula is C15H22N2O2. The summed E-state index contributed by atoms with van der Waals surface area (Å²) in [6, 6.07) is 4.55. The predicted molar refractivity (Wildman–Crippen MR) is 73.9 cm³/mol. The summed E-state index contributed by atoms with van der Waals surface area (Å²) in [5.74, 6) is -0.695. The second-order valence-electron chi connectivity index (χ2n) is 5.38. The third-order valence-electron chi connectivity index (χ3n) is 3.78. The lowest BCUT2D eigenvalue weighted by molar-refractivity contribution is -0.137. The minimum Gasteiger partial charge on any atom is -0.481 e. The molecular weight excluding hydrogens is 240 g/mol. The Hall–Kier alpha value is -1.42. The Bertz CT molecular complexity index is 417. The van der Waals surface area contributed by atoms with Crippen molar-refractivity contribution in [2.75, 3.05) is 6.54 Å². The van der Waals surface area contributed by atoms with E-state index in [1.807, 2.05) is 13.1 Å². The standard InChI is InChI=1S/C15H22N2O2/c1-12-5-6-13(16-10-12)11-17-9-3-2-4-14(17)7-8-15(18)19/h5-6,10,14H,2-4,7-9,11H2,1H3,(H,18,19). The highest BCUT2D eigenvalue weighted by atomic mass is 16.4. The van der Waals surface area contributed by atoms with Crippen LogP contribution >= 0.6 is 0 Å². The molecule has 1 fully saturated rings. The summed E-state index contributed by atoms with van der Waals surface area (Å²) >= 11 is 0. The molecule has 0 aliphatic carbocycles. The summed E-state index contributed by atoms with van der Waals surface area (Å²) < 4.78 is 0. The van der Waals surface area contributed by atoms with Crippen LogP contribution in [0.1, 0.15) is 43.4 Å². The number of aromatic nitrogens is 1. The molecule has 1 saturated heterocycles. The Morgan fingerprint density at radius 3 is 3.00 bits per heavy atom. The molecule has 19 heavy (non-hydrogen) atoms. The van der Waals surface area contributed by atoms with E-state index in [-0.39, 0.29) is 6.42 Å². The van der Waals surface area contributed by atoms with Crippen LogP contribution in [0.25, 0.3) is 0 Å². The lowest BCUT2D eigenvalue weighted by Gasteiger charge is -2.35. The lowest BCUT2D eigenvalue weighted by atomic mass is 9.97. The number of piperidine rings is 1. The van der Waals surface area contributed by atoms with Gasteiger partial charge in [-0.1, -0.05) is 12.5 Å². The Morgan fingerprint density at radius 2 is 2.32 bits per heavy atom. The van der Waals surface area contributed by atoms with Gasteiger partial charge in [-0.2, -0.15) is 0 Å². The van der Waals surface area contributed by atoms with Crippen molar-refractivity contribution in [3.8, 4) is 0 Å². The van der Waals surface area contributed by atoms with Crippen LogP contribution in [-0.4, -0.2) is 33.5 Å². The van der Waals surface area contributed by atoms with E-state index >= 15 is 0 Å². The van der Waals surface area contributed by atoms with Crippen molar-refractivity contribution in [1.29, 1.82) is 0 Å². The van der Waals surface area contributed by atoms with Crippen LogP contribution in [0.15, 0.2) is 18.3 Å². The molecule has 1 atom stereocenters. The van der Waals surface area contributed by atoms with Crippen LogP contribution < -0.4 is 0 Å². The van der Waals surface area contributed by atoms with E-state index in [0.29, 0.717) is 6.04 Å². The molecule has 1 aliphatic heterocycles. The van der Waals surface area contributed by atoms with Crippen molar-refractivity contribution in [3.05, 3.63) is 29.6 Å². The average molecular weight is 262 g/mol. The fourth-order valence-electron chi connectivity index (χ4n) is 2.69. The predicted octanol–water partition coefficient (Wildman–Crippen LogP) is 2.61. The second kappa shape index (κ2) is 6.66. The van der Waals surface area contributed by atoms with Gasteiger partial charge in [-0.15, -0.1) is 0 Å². The maximum Gasteiger partial charge on any atom is 0.303 e. The van der Waals surface area contributed by atoms with E-state index in [1.54, 1.807) is 0 Å². The molecule has 1 aromatic heterocycles. The van der Waals surface area contributed by atoms with Crippen molar-refractivity contribution in [1.82, 2.24) is 9.88 Å². The van der Waals surface area contributed by atoms with Crippen LogP contribution in [0.4, 0.5) is 0 Å². The highest BCUT2D eigenvalue weighted by molar-refractivity contribution is 5.66. The number of nitrogens with zero attached hydrogens (tertiary/aromatic N) is 2. The summed E-state index contributed by atoms with van der Waals surface area (Å²) in [4.78, 5) is 17.6. The van der Waals surface area contributed by atoms with Crippen molar-refractivity contribution in [2.45, 2.75) is 51.6 Å². The number of carboxylic acid groups (broad SMARTS) is 1. The molecule has 1 aromatic rings. The highest BCUT2D eigenvalue weighted by Gasteiger charge is 2.23. The van der Waals surface area contributed by atoms with E-state index in [0.717, 1.165) is 31.6 Å². The monoisotopic (exact) mass is 262 g/mol. The third-order valence-corrected chi connectivity index (χ3v) is 3.78. The van der Waals surface area contributed by atoms with E-state index in [2.05, 4.69) is 22.0 Å². The molecule has 104 valence electrons. The number of hydrogen-bond acceptors (Lipinski definition) is 3. The van der Waals surface area contributed by atoms with Gasteiger partial charge in [0, 0.05) is 25.2 Å². The van der Waals surface area contributed by atoms with Crippen molar-refractivity contribution < 1.29 is 9.90 Å². The van der Waals surface area contributed by atoms with Gasteiger partial charge >= 0.3 is 5.97 Å². The maximum absolute atomic E-state index is 10.7. The molecule has 4 heteroatoms. The van der Waals surface area contributed by atoms with Gasteiger partial charge in [-0.3, -0.25) is 14.7 Å². The first kappa shape index (κ1) is 14.0. The molecule has 0 aromatic carbocycles. The van der Waals surface area contributed by atoms with Crippen LogP contribution in [-0.2, 0) is 11.3 Å². The molecule has 1 unspecified atom stereocenters. The van der Waals surface area contributed by atoms with Crippen LogP contribution in [0, 0.1) is 6.92 Å². The van der Waals surface area contributed by atoms with Gasteiger partial charge in [0.15, 0.2) is 0 Å². The molecule has 0 bridgehead atoms. The normalized spacial score (nSPS) is 20.4. The largest absolute Gasteiger partial charge is 0.481 e. The van der Waals surface area contributed by atoms with E-state index < -0.39 is 5.97 Å². The third kappa shape index (κ3) is 4.31. The van der Waals surface area contributed by atoms with Gasteiger partial charge in [0.25, 0.3) is 0 Å². The first-order valence-corrected chi connectivity index (χ1v) is 7.02. The number of rotatable bonds is 5. The smallest absolute Gasteiger partial charge is 0.303 e. The zero-order valence-electron chi connectivity index (χ0n) is 11.5. The van der Waals surface area contributed by atoms with E-state index in [1.165, 1.54) is 18.4 Å². The number of likely N-dealkylation sites (tertiary alicyclic amines) is 1. The zero-order chi connectivity index (χ0) is 13.7. The Kier molecular flexibility index (Phi) is 4.91. The minimum atomic E-state index is -0.695. The number of aliphatic carboxylic acids is 1. The molecule has 0 radical (unpaired) electrons. The zero-order valence-corrected chi connectivity index (χ0v) is 11.5. The lowest BCUT2D eigenvalue weighted by Crippen LogP contribution is -2.39. The van der Waals surface area contributed by atoms with E-state index in [9.17, 15) is 4.79 Å². The molecule has 2 rings (SSSR count). The fraction of sp³-hybridized carbons (Fsp3) is 0.600. The number of aryl methyl sites for hydroxylation is 1. The average Bonchev–Trinajstić information content (AvgIpc) is 2.40. The molecule has 2 heterocycles.